The van der Waals surface area contributed by atoms with E-state index in [1.165, 1.54) is 5.56 Å². The molecule has 1 unspecified atom stereocenters. The van der Waals surface area contributed by atoms with Crippen LogP contribution in [0.3, 0.4) is 0 Å². The molecule has 0 aliphatic carbocycles. The fourth-order valence-corrected chi connectivity index (χ4v) is 4.94. The minimum atomic E-state index is -0.427. The van der Waals surface area contributed by atoms with Crippen molar-refractivity contribution in [3.8, 4) is 6.07 Å². The summed E-state index contributed by atoms with van der Waals surface area (Å²) in [6.07, 6.45) is 4.48. The highest BCUT2D eigenvalue weighted by Gasteiger charge is 2.36. The number of anilines is 2. The monoisotopic (exact) mass is 449 g/mol. The third kappa shape index (κ3) is 4.84. The van der Waals surface area contributed by atoms with Crippen molar-refractivity contribution in [3.63, 3.8) is 0 Å². The molecule has 0 saturated carbocycles. The Morgan fingerprint density at radius 3 is 2.69 bits per heavy atom. The average molecular weight is 450 g/mol. The quantitative estimate of drug-likeness (QED) is 0.383. The number of nitrogens with zero attached hydrogens (tertiary/aromatic N) is 2. The smallest absolute Gasteiger partial charge is 0.266 e. The molecule has 0 spiro atoms. The Balaban J connectivity index is 1.98. The molecular formula is C27H32ClN3O. The van der Waals surface area contributed by atoms with Gasteiger partial charge in [0.1, 0.15) is 11.6 Å². The number of para-hydroxylation sites is 1. The second-order valence-electron chi connectivity index (χ2n) is 9.14. The van der Waals surface area contributed by atoms with E-state index >= 15 is 0 Å². The summed E-state index contributed by atoms with van der Waals surface area (Å²) in [6.45, 7) is 11.9. The van der Waals surface area contributed by atoms with Crippen LogP contribution in [0.2, 0.25) is 5.02 Å². The molecule has 168 valence electrons. The van der Waals surface area contributed by atoms with Gasteiger partial charge in [0, 0.05) is 28.5 Å². The van der Waals surface area contributed by atoms with Gasteiger partial charge < -0.3 is 10.2 Å². The molecule has 1 amide bonds. The topological polar surface area (TPSA) is 56.1 Å². The second kappa shape index (κ2) is 9.79. The maximum atomic E-state index is 12.8. The van der Waals surface area contributed by atoms with E-state index in [2.05, 4.69) is 37.9 Å². The number of hydrogen-bond donors (Lipinski definition) is 1. The number of carbonyl (C=O) groups excluding carboxylic acids is 1. The molecule has 1 atom stereocenters. The van der Waals surface area contributed by atoms with Gasteiger partial charge in [-0.25, -0.2) is 0 Å². The Kier molecular flexibility index (Phi) is 7.31. The number of hydrogen-bond acceptors (Lipinski definition) is 3. The van der Waals surface area contributed by atoms with Gasteiger partial charge in [0.2, 0.25) is 0 Å². The van der Waals surface area contributed by atoms with E-state index in [0.29, 0.717) is 16.5 Å². The van der Waals surface area contributed by atoms with E-state index in [1.54, 1.807) is 6.08 Å². The molecule has 0 bridgehead atoms. The van der Waals surface area contributed by atoms with Crippen molar-refractivity contribution in [1.29, 1.82) is 5.26 Å². The number of fused-ring (bicyclic) bond motifs is 1. The van der Waals surface area contributed by atoms with Gasteiger partial charge in [-0.3, -0.25) is 4.79 Å². The zero-order chi connectivity index (χ0) is 23.5. The van der Waals surface area contributed by atoms with Gasteiger partial charge in [-0.1, -0.05) is 50.6 Å². The van der Waals surface area contributed by atoms with Gasteiger partial charge in [0.15, 0.2) is 0 Å². The first-order chi connectivity index (χ1) is 15.2. The first-order valence-corrected chi connectivity index (χ1v) is 11.7. The SMILES string of the molecule is CCCN1c2cc(Cl)c(/C=C(\C#N)C(=O)Nc3ccccc3CC)cc2C(C)CC1(C)C. The summed E-state index contributed by atoms with van der Waals surface area (Å²) in [4.78, 5) is 15.3. The van der Waals surface area contributed by atoms with E-state index in [-0.39, 0.29) is 11.1 Å². The maximum Gasteiger partial charge on any atom is 0.266 e. The fraction of sp³-hybridized carbons (Fsp3) is 0.407. The van der Waals surface area contributed by atoms with Gasteiger partial charge in [-0.05, 0) is 80.0 Å². The van der Waals surface area contributed by atoms with Crippen LogP contribution in [0.15, 0.2) is 42.0 Å². The van der Waals surface area contributed by atoms with Crippen molar-refractivity contribution in [3.05, 3.63) is 63.7 Å². The second-order valence-corrected chi connectivity index (χ2v) is 9.54. The normalized spacial score (nSPS) is 17.5. The van der Waals surface area contributed by atoms with Crippen LogP contribution in [0.5, 0.6) is 0 Å². The van der Waals surface area contributed by atoms with Crippen LogP contribution in [-0.2, 0) is 11.2 Å². The molecule has 0 fully saturated rings. The minimum Gasteiger partial charge on any atom is -0.366 e. The zero-order valence-electron chi connectivity index (χ0n) is 19.6. The number of halogens is 1. The molecule has 0 saturated heterocycles. The third-order valence-corrected chi connectivity index (χ3v) is 6.59. The molecule has 0 aromatic heterocycles. The highest BCUT2D eigenvalue weighted by Crippen LogP contribution is 2.45. The molecule has 2 aromatic carbocycles. The Morgan fingerprint density at radius 1 is 1.31 bits per heavy atom. The Labute approximate surface area is 196 Å². The molecule has 5 heteroatoms. The van der Waals surface area contributed by atoms with Crippen LogP contribution in [0.1, 0.15) is 70.1 Å². The van der Waals surface area contributed by atoms with Crippen molar-refractivity contribution in [2.24, 2.45) is 0 Å². The molecular weight excluding hydrogens is 418 g/mol. The van der Waals surface area contributed by atoms with Gasteiger partial charge in [0.25, 0.3) is 5.91 Å². The number of benzene rings is 2. The number of aryl methyl sites for hydroxylation is 1. The molecule has 1 heterocycles. The lowest BCUT2D eigenvalue weighted by Gasteiger charge is -2.47. The van der Waals surface area contributed by atoms with Crippen LogP contribution >= 0.6 is 11.6 Å². The summed E-state index contributed by atoms with van der Waals surface area (Å²) in [7, 11) is 0. The summed E-state index contributed by atoms with van der Waals surface area (Å²) in [5.41, 5.74) is 4.89. The molecule has 32 heavy (non-hydrogen) atoms. The number of amides is 1. The number of carbonyl (C=O) groups is 1. The molecule has 1 aliphatic heterocycles. The molecule has 0 radical (unpaired) electrons. The maximum absolute atomic E-state index is 12.8. The summed E-state index contributed by atoms with van der Waals surface area (Å²) in [5.74, 6) is -0.0719. The fourth-order valence-electron chi connectivity index (χ4n) is 4.72. The molecule has 1 N–H and O–H groups in total. The molecule has 1 aliphatic rings. The molecule has 3 rings (SSSR count). The first kappa shape index (κ1) is 23.9. The van der Waals surface area contributed by atoms with E-state index in [0.717, 1.165) is 42.7 Å². The van der Waals surface area contributed by atoms with Crippen molar-refractivity contribution in [2.75, 3.05) is 16.8 Å². The summed E-state index contributed by atoms with van der Waals surface area (Å²) >= 11 is 6.67. The van der Waals surface area contributed by atoms with Crippen LogP contribution in [0, 0.1) is 11.3 Å². The van der Waals surface area contributed by atoms with E-state index in [9.17, 15) is 10.1 Å². The van der Waals surface area contributed by atoms with Crippen molar-refractivity contribution < 1.29 is 4.79 Å². The van der Waals surface area contributed by atoms with Crippen molar-refractivity contribution >= 4 is 35.0 Å². The summed E-state index contributed by atoms with van der Waals surface area (Å²) in [6, 6.07) is 13.7. The highest BCUT2D eigenvalue weighted by molar-refractivity contribution is 6.32. The van der Waals surface area contributed by atoms with Crippen LogP contribution in [0.25, 0.3) is 6.08 Å². The van der Waals surface area contributed by atoms with Crippen LogP contribution < -0.4 is 10.2 Å². The predicted molar refractivity (Wildman–Crippen MR) is 134 cm³/mol. The molecule has 4 nitrogen and oxygen atoms in total. The van der Waals surface area contributed by atoms with Crippen molar-refractivity contribution in [1.82, 2.24) is 0 Å². The lowest BCUT2D eigenvalue weighted by molar-refractivity contribution is -0.112. The largest absolute Gasteiger partial charge is 0.366 e. The highest BCUT2D eigenvalue weighted by atomic mass is 35.5. The zero-order valence-corrected chi connectivity index (χ0v) is 20.4. The minimum absolute atomic E-state index is 0.0342. The summed E-state index contributed by atoms with van der Waals surface area (Å²) < 4.78 is 0. The molecule has 2 aromatic rings. The van der Waals surface area contributed by atoms with Crippen LogP contribution in [-0.4, -0.2) is 18.0 Å². The Hall–Kier alpha value is -2.77. The standard InChI is InChI=1S/C27H32ClN3O/c1-6-12-31-25-15-23(28)20(14-22(25)18(3)16-27(31,4)5)13-21(17-29)26(32)30-24-11-9-8-10-19(24)7-2/h8-11,13-15,18H,6-7,12,16H2,1-5H3,(H,30,32)/b21-13+. The number of rotatable bonds is 6. The first-order valence-electron chi connectivity index (χ1n) is 11.3. The Morgan fingerprint density at radius 2 is 2.03 bits per heavy atom. The Bertz CT molecular complexity index is 1080. The lowest BCUT2D eigenvalue weighted by atomic mass is 9.79. The summed E-state index contributed by atoms with van der Waals surface area (Å²) in [5, 5.41) is 13.1. The van der Waals surface area contributed by atoms with E-state index in [4.69, 9.17) is 11.6 Å². The van der Waals surface area contributed by atoms with E-state index < -0.39 is 5.91 Å². The predicted octanol–water partition coefficient (Wildman–Crippen LogP) is 6.95. The number of nitrogens with one attached hydrogen (secondary N) is 1. The average Bonchev–Trinajstić information content (AvgIpc) is 2.75. The lowest BCUT2D eigenvalue weighted by Crippen LogP contribution is -2.48. The van der Waals surface area contributed by atoms with Gasteiger partial charge in [-0.2, -0.15) is 5.26 Å². The van der Waals surface area contributed by atoms with E-state index in [1.807, 2.05) is 49.4 Å². The van der Waals surface area contributed by atoms with Gasteiger partial charge in [0.05, 0.1) is 0 Å². The van der Waals surface area contributed by atoms with Crippen LogP contribution in [0.4, 0.5) is 11.4 Å². The van der Waals surface area contributed by atoms with Crippen molar-refractivity contribution in [2.45, 2.75) is 65.3 Å². The number of nitriles is 1. The van der Waals surface area contributed by atoms with Gasteiger partial charge >= 0.3 is 0 Å². The van der Waals surface area contributed by atoms with Gasteiger partial charge in [-0.15, -0.1) is 0 Å². The third-order valence-electron chi connectivity index (χ3n) is 6.26.